The molecule has 0 aromatic heterocycles. The molecule has 0 radical (unpaired) electrons. The summed E-state index contributed by atoms with van der Waals surface area (Å²) in [6, 6.07) is 5.52. The van der Waals surface area contributed by atoms with Gasteiger partial charge >= 0.3 is 5.97 Å². The van der Waals surface area contributed by atoms with Crippen LogP contribution in [0.25, 0.3) is 0 Å². The van der Waals surface area contributed by atoms with Crippen LogP contribution in [0.15, 0.2) is 24.3 Å². The van der Waals surface area contributed by atoms with Crippen molar-refractivity contribution in [1.82, 2.24) is 5.32 Å². The summed E-state index contributed by atoms with van der Waals surface area (Å²) < 4.78 is 5.47. The van der Waals surface area contributed by atoms with E-state index in [0.29, 0.717) is 11.3 Å². The lowest BCUT2D eigenvalue weighted by molar-refractivity contribution is -0.144. The van der Waals surface area contributed by atoms with E-state index in [1.54, 1.807) is 38.1 Å². The zero-order valence-corrected chi connectivity index (χ0v) is 13.1. The van der Waals surface area contributed by atoms with Crippen molar-refractivity contribution in [3.05, 3.63) is 29.8 Å². The fourth-order valence-corrected chi connectivity index (χ4v) is 1.83. The number of carboxylic acids is 1. The summed E-state index contributed by atoms with van der Waals surface area (Å²) >= 11 is 0. The number of Topliss-reactive ketones (excluding diaryl/α,β-unsaturated/α-hetero) is 1. The normalized spacial score (nSPS) is 13.3. The second-order valence-electron chi connectivity index (χ2n) is 5.41. The van der Waals surface area contributed by atoms with E-state index in [0.717, 1.165) is 0 Å². The molecule has 0 aliphatic rings. The number of nitrogens with one attached hydrogen (secondary N) is 1. The number of benzene rings is 1. The van der Waals surface area contributed by atoms with Gasteiger partial charge in [-0.25, -0.2) is 4.79 Å². The molecule has 2 atom stereocenters. The minimum absolute atomic E-state index is 0.103. The van der Waals surface area contributed by atoms with E-state index >= 15 is 0 Å². The summed E-state index contributed by atoms with van der Waals surface area (Å²) in [4.78, 5) is 34.4. The van der Waals surface area contributed by atoms with E-state index < -0.39 is 24.0 Å². The van der Waals surface area contributed by atoms with Crippen LogP contribution in [-0.2, 0) is 9.59 Å². The highest BCUT2D eigenvalue weighted by atomic mass is 16.5. The molecule has 0 aliphatic heterocycles. The van der Waals surface area contributed by atoms with Crippen molar-refractivity contribution in [2.75, 3.05) is 0 Å². The third kappa shape index (κ3) is 4.87. The Morgan fingerprint density at radius 2 is 1.82 bits per heavy atom. The lowest BCUT2D eigenvalue weighted by atomic mass is 10.0. The van der Waals surface area contributed by atoms with Crippen molar-refractivity contribution in [3.63, 3.8) is 0 Å². The Morgan fingerprint density at radius 1 is 1.18 bits per heavy atom. The largest absolute Gasteiger partial charge is 0.481 e. The van der Waals surface area contributed by atoms with Crippen LogP contribution >= 0.6 is 0 Å². The summed E-state index contributed by atoms with van der Waals surface area (Å²) in [5.41, 5.74) is 0.482. The van der Waals surface area contributed by atoms with Gasteiger partial charge in [-0.1, -0.05) is 26.0 Å². The fourth-order valence-electron chi connectivity index (χ4n) is 1.83. The first-order valence-electron chi connectivity index (χ1n) is 7.03. The van der Waals surface area contributed by atoms with Crippen LogP contribution in [0, 0.1) is 5.92 Å². The van der Waals surface area contributed by atoms with Crippen LogP contribution < -0.4 is 10.1 Å². The Balaban J connectivity index is 2.73. The Morgan fingerprint density at radius 3 is 2.32 bits per heavy atom. The maximum absolute atomic E-state index is 12.0. The van der Waals surface area contributed by atoms with Gasteiger partial charge < -0.3 is 15.2 Å². The molecule has 1 rings (SSSR count). The van der Waals surface area contributed by atoms with E-state index in [1.807, 2.05) is 0 Å². The van der Waals surface area contributed by atoms with Crippen molar-refractivity contribution >= 4 is 17.7 Å². The molecular weight excluding hydrogens is 286 g/mol. The van der Waals surface area contributed by atoms with Crippen molar-refractivity contribution in [2.24, 2.45) is 5.92 Å². The molecule has 2 N–H and O–H groups in total. The van der Waals surface area contributed by atoms with E-state index in [2.05, 4.69) is 5.32 Å². The van der Waals surface area contributed by atoms with Gasteiger partial charge in [-0.3, -0.25) is 9.59 Å². The van der Waals surface area contributed by atoms with E-state index in [9.17, 15) is 14.4 Å². The van der Waals surface area contributed by atoms with Crippen LogP contribution in [0.3, 0.4) is 0 Å². The molecular formula is C16H21NO5. The van der Waals surface area contributed by atoms with E-state index in [-0.39, 0.29) is 11.7 Å². The maximum Gasteiger partial charge on any atom is 0.326 e. The molecule has 22 heavy (non-hydrogen) atoms. The standard InChI is InChI=1S/C16H21NO5/c1-9(2)14(16(20)21)17-15(19)11(4)22-13-7-5-6-12(8-13)10(3)18/h5-9,11,14H,1-4H3,(H,17,19)(H,20,21)/t11?,14-/m1/s1. The summed E-state index contributed by atoms with van der Waals surface area (Å²) in [7, 11) is 0. The lowest BCUT2D eigenvalue weighted by Crippen LogP contribution is -2.48. The molecule has 1 amide bonds. The SMILES string of the molecule is CC(=O)c1cccc(OC(C)C(=O)N[C@@H](C(=O)O)C(C)C)c1. The van der Waals surface area contributed by atoms with Crippen molar-refractivity contribution < 1.29 is 24.2 Å². The summed E-state index contributed by atoms with van der Waals surface area (Å²) in [5, 5.41) is 11.5. The summed E-state index contributed by atoms with van der Waals surface area (Å²) in [6.07, 6.45) is -0.872. The number of hydrogen-bond acceptors (Lipinski definition) is 4. The molecule has 6 heteroatoms. The molecule has 0 fully saturated rings. The Labute approximate surface area is 129 Å². The second-order valence-corrected chi connectivity index (χ2v) is 5.41. The number of carbonyl (C=O) groups is 3. The number of aliphatic carboxylic acids is 1. The molecule has 6 nitrogen and oxygen atoms in total. The van der Waals surface area contributed by atoms with Crippen molar-refractivity contribution in [1.29, 1.82) is 0 Å². The first-order chi connectivity index (χ1) is 10.2. The fraction of sp³-hybridized carbons (Fsp3) is 0.438. The highest BCUT2D eigenvalue weighted by Crippen LogP contribution is 2.15. The Bertz CT molecular complexity index is 567. The molecule has 0 saturated heterocycles. The number of carbonyl (C=O) groups excluding carboxylic acids is 2. The van der Waals surface area contributed by atoms with Gasteiger partial charge in [-0.2, -0.15) is 0 Å². The zero-order valence-electron chi connectivity index (χ0n) is 13.1. The molecule has 120 valence electrons. The van der Waals surface area contributed by atoms with Gasteiger partial charge in [0.15, 0.2) is 11.9 Å². The number of hydrogen-bond donors (Lipinski definition) is 2. The Kier molecular flexibility index (Phi) is 6.10. The van der Waals surface area contributed by atoms with Crippen molar-refractivity contribution in [3.8, 4) is 5.75 Å². The van der Waals surface area contributed by atoms with Crippen LogP contribution in [0.4, 0.5) is 0 Å². The number of ether oxygens (including phenoxy) is 1. The van der Waals surface area contributed by atoms with E-state index in [1.165, 1.54) is 13.8 Å². The van der Waals surface area contributed by atoms with Gasteiger partial charge in [0.2, 0.25) is 0 Å². The molecule has 1 aromatic rings. The summed E-state index contributed by atoms with van der Waals surface area (Å²) in [6.45, 7) is 6.38. The highest BCUT2D eigenvalue weighted by Gasteiger charge is 2.26. The van der Waals surface area contributed by atoms with Gasteiger partial charge in [0.25, 0.3) is 5.91 Å². The number of rotatable bonds is 7. The second kappa shape index (κ2) is 7.59. The van der Waals surface area contributed by atoms with Crippen LogP contribution in [0.2, 0.25) is 0 Å². The quantitative estimate of drug-likeness (QED) is 0.750. The van der Waals surface area contributed by atoms with Gasteiger partial charge in [0.1, 0.15) is 11.8 Å². The number of amides is 1. The number of carboxylic acid groups (broad SMARTS) is 1. The average molecular weight is 307 g/mol. The van der Waals surface area contributed by atoms with Crippen LogP contribution in [-0.4, -0.2) is 34.9 Å². The molecule has 0 spiro atoms. The molecule has 1 unspecified atom stereocenters. The first-order valence-corrected chi connectivity index (χ1v) is 7.03. The maximum atomic E-state index is 12.0. The molecule has 0 saturated carbocycles. The minimum Gasteiger partial charge on any atom is -0.481 e. The van der Waals surface area contributed by atoms with Crippen molar-refractivity contribution in [2.45, 2.75) is 39.8 Å². The van der Waals surface area contributed by atoms with Gasteiger partial charge in [-0.05, 0) is 31.9 Å². The predicted molar refractivity (Wildman–Crippen MR) is 80.9 cm³/mol. The van der Waals surface area contributed by atoms with Crippen LogP contribution in [0.1, 0.15) is 38.1 Å². The molecule has 0 bridgehead atoms. The van der Waals surface area contributed by atoms with Gasteiger partial charge in [-0.15, -0.1) is 0 Å². The monoisotopic (exact) mass is 307 g/mol. The smallest absolute Gasteiger partial charge is 0.326 e. The molecule has 0 heterocycles. The Hall–Kier alpha value is -2.37. The average Bonchev–Trinajstić information content (AvgIpc) is 2.43. The van der Waals surface area contributed by atoms with E-state index in [4.69, 9.17) is 9.84 Å². The first kappa shape index (κ1) is 17.7. The topological polar surface area (TPSA) is 92.7 Å². The third-order valence-electron chi connectivity index (χ3n) is 3.15. The van der Waals surface area contributed by atoms with Crippen LogP contribution in [0.5, 0.6) is 5.75 Å². The molecule has 0 aliphatic carbocycles. The zero-order chi connectivity index (χ0) is 16.9. The highest BCUT2D eigenvalue weighted by molar-refractivity contribution is 5.94. The molecule has 1 aromatic carbocycles. The summed E-state index contributed by atoms with van der Waals surface area (Å²) in [5.74, 6) is -1.57. The van der Waals surface area contributed by atoms with Gasteiger partial charge in [0.05, 0.1) is 0 Å². The lowest BCUT2D eigenvalue weighted by Gasteiger charge is -2.21. The predicted octanol–water partition coefficient (Wildman–Crippen LogP) is 1.88. The van der Waals surface area contributed by atoms with Gasteiger partial charge in [0, 0.05) is 5.56 Å². The number of ketones is 1. The minimum atomic E-state index is -1.09. The third-order valence-corrected chi connectivity index (χ3v) is 3.15.